The fourth-order valence-corrected chi connectivity index (χ4v) is 5.78. The minimum Gasteiger partial charge on any atom is -0.342 e. The van der Waals surface area contributed by atoms with Crippen molar-refractivity contribution in [1.29, 1.82) is 0 Å². The molecule has 0 unspecified atom stereocenters. The van der Waals surface area contributed by atoms with Gasteiger partial charge in [-0.25, -0.2) is 0 Å². The van der Waals surface area contributed by atoms with Crippen molar-refractivity contribution in [2.24, 2.45) is 17.8 Å². The molecule has 0 bridgehead atoms. The van der Waals surface area contributed by atoms with E-state index in [2.05, 4.69) is 15.1 Å². The van der Waals surface area contributed by atoms with Gasteiger partial charge in [0, 0.05) is 37.8 Å². The Bertz CT molecular complexity index is 654. The van der Waals surface area contributed by atoms with Crippen LogP contribution in [0.5, 0.6) is 0 Å². The number of hydrogen-bond donors (Lipinski definition) is 1. The molecular weight excluding hydrogens is 348 g/mol. The highest BCUT2D eigenvalue weighted by molar-refractivity contribution is 7.99. The van der Waals surface area contributed by atoms with Crippen molar-refractivity contribution in [3.8, 4) is 0 Å². The summed E-state index contributed by atoms with van der Waals surface area (Å²) < 4.78 is 0. The molecule has 1 aromatic heterocycles. The SMILES string of the molecule is Cc1[nH]ncc1C(=O)N1C[C@H]2CCN(C(=O)C3CCSCC3)CC[C@H]2C1. The fourth-order valence-electron chi connectivity index (χ4n) is 4.67. The van der Waals surface area contributed by atoms with Gasteiger partial charge in [-0.2, -0.15) is 16.9 Å². The van der Waals surface area contributed by atoms with Gasteiger partial charge < -0.3 is 9.80 Å². The Hall–Kier alpha value is -1.50. The molecule has 7 heteroatoms. The van der Waals surface area contributed by atoms with Gasteiger partial charge in [0.2, 0.25) is 5.91 Å². The molecule has 1 aromatic rings. The van der Waals surface area contributed by atoms with Crippen LogP contribution in [-0.2, 0) is 4.79 Å². The maximum atomic E-state index is 12.8. The molecule has 0 spiro atoms. The van der Waals surface area contributed by atoms with E-state index in [-0.39, 0.29) is 11.8 Å². The minimum absolute atomic E-state index is 0.0944. The number of likely N-dealkylation sites (tertiary alicyclic amines) is 2. The maximum absolute atomic E-state index is 12.8. The van der Waals surface area contributed by atoms with Gasteiger partial charge >= 0.3 is 0 Å². The van der Waals surface area contributed by atoms with E-state index in [9.17, 15) is 9.59 Å². The normalized spacial score (nSPS) is 27.3. The molecule has 0 radical (unpaired) electrons. The van der Waals surface area contributed by atoms with Crippen molar-refractivity contribution < 1.29 is 9.59 Å². The van der Waals surface area contributed by atoms with Crippen LogP contribution >= 0.6 is 11.8 Å². The van der Waals surface area contributed by atoms with Crippen LogP contribution in [0.1, 0.15) is 41.7 Å². The number of carbonyl (C=O) groups is 2. The standard InChI is InChI=1S/C19H28N4O2S/c1-13-17(10-20-21-13)19(25)23-11-15-2-6-22(7-3-16(15)12-23)18(24)14-4-8-26-9-5-14/h10,14-16H,2-9,11-12H2,1H3,(H,20,21)/t15-,16+. The third kappa shape index (κ3) is 3.50. The molecular formula is C19H28N4O2S. The van der Waals surface area contributed by atoms with Crippen molar-refractivity contribution in [2.45, 2.75) is 32.6 Å². The molecule has 4 heterocycles. The third-order valence-electron chi connectivity index (χ3n) is 6.35. The molecule has 6 nitrogen and oxygen atoms in total. The number of aromatic amines is 1. The molecule has 3 aliphatic heterocycles. The summed E-state index contributed by atoms with van der Waals surface area (Å²) in [5, 5.41) is 6.83. The Morgan fingerprint density at radius 3 is 2.31 bits per heavy atom. The van der Waals surface area contributed by atoms with Crippen LogP contribution in [0.15, 0.2) is 6.20 Å². The Morgan fingerprint density at radius 1 is 1.08 bits per heavy atom. The zero-order chi connectivity index (χ0) is 18.1. The Balaban J connectivity index is 1.35. The maximum Gasteiger partial charge on any atom is 0.257 e. The highest BCUT2D eigenvalue weighted by Crippen LogP contribution is 2.34. The number of rotatable bonds is 2. The van der Waals surface area contributed by atoms with Gasteiger partial charge in [0.05, 0.1) is 11.8 Å². The molecule has 3 saturated heterocycles. The molecule has 4 rings (SSSR count). The third-order valence-corrected chi connectivity index (χ3v) is 7.39. The van der Waals surface area contributed by atoms with Gasteiger partial charge in [0.25, 0.3) is 5.91 Å². The zero-order valence-electron chi connectivity index (χ0n) is 15.4. The van der Waals surface area contributed by atoms with Crippen molar-refractivity contribution in [1.82, 2.24) is 20.0 Å². The molecule has 3 fully saturated rings. The highest BCUT2D eigenvalue weighted by atomic mass is 32.2. The average molecular weight is 377 g/mol. The lowest BCUT2D eigenvalue weighted by atomic mass is 9.92. The Labute approximate surface area is 159 Å². The van der Waals surface area contributed by atoms with Crippen molar-refractivity contribution in [2.75, 3.05) is 37.7 Å². The highest BCUT2D eigenvalue weighted by Gasteiger charge is 2.39. The van der Waals surface area contributed by atoms with E-state index in [1.807, 2.05) is 23.6 Å². The first-order chi connectivity index (χ1) is 12.6. The van der Waals surface area contributed by atoms with Crippen LogP contribution in [0.4, 0.5) is 0 Å². The van der Waals surface area contributed by atoms with Crippen molar-refractivity contribution in [3.05, 3.63) is 17.5 Å². The van der Waals surface area contributed by atoms with E-state index in [4.69, 9.17) is 0 Å². The number of nitrogens with one attached hydrogen (secondary N) is 1. The van der Waals surface area contributed by atoms with Gasteiger partial charge in [0.15, 0.2) is 0 Å². The van der Waals surface area contributed by atoms with Gasteiger partial charge in [0.1, 0.15) is 0 Å². The van der Waals surface area contributed by atoms with Crippen LogP contribution in [0.25, 0.3) is 0 Å². The Morgan fingerprint density at radius 2 is 1.73 bits per heavy atom. The first kappa shape index (κ1) is 17.9. The summed E-state index contributed by atoms with van der Waals surface area (Å²) in [4.78, 5) is 29.7. The van der Waals surface area contributed by atoms with Gasteiger partial charge in [-0.15, -0.1) is 0 Å². The average Bonchev–Trinajstić information content (AvgIpc) is 3.23. The molecule has 0 aromatic carbocycles. The lowest BCUT2D eigenvalue weighted by Gasteiger charge is -2.28. The lowest BCUT2D eigenvalue weighted by Crippen LogP contribution is -2.39. The number of nitrogens with zero attached hydrogens (tertiary/aromatic N) is 3. The monoisotopic (exact) mass is 376 g/mol. The number of thioether (sulfide) groups is 1. The first-order valence-electron chi connectivity index (χ1n) is 9.79. The van der Waals surface area contributed by atoms with E-state index in [0.717, 1.165) is 69.1 Å². The molecule has 142 valence electrons. The van der Waals surface area contributed by atoms with Gasteiger partial charge in [-0.1, -0.05) is 0 Å². The number of H-pyrrole nitrogens is 1. The molecule has 26 heavy (non-hydrogen) atoms. The predicted molar refractivity (Wildman–Crippen MR) is 102 cm³/mol. The van der Waals surface area contributed by atoms with Crippen molar-refractivity contribution >= 4 is 23.6 Å². The van der Waals surface area contributed by atoms with E-state index < -0.39 is 0 Å². The molecule has 3 aliphatic rings. The van der Waals surface area contributed by atoms with E-state index in [1.54, 1.807) is 6.20 Å². The summed E-state index contributed by atoms with van der Waals surface area (Å²) in [6.07, 6.45) is 5.76. The largest absolute Gasteiger partial charge is 0.342 e. The number of carbonyl (C=O) groups excluding carboxylic acids is 2. The molecule has 0 saturated carbocycles. The summed E-state index contributed by atoms with van der Waals surface area (Å²) in [6.45, 7) is 5.24. The molecule has 2 amide bonds. The second-order valence-corrected chi connectivity index (χ2v) is 9.15. The number of aromatic nitrogens is 2. The topological polar surface area (TPSA) is 69.3 Å². The Kier molecular flexibility index (Phi) is 5.25. The van der Waals surface area contributed by atoms with E-state index in [1.165, 1.54) is 0 Å². The second-order valence-electron chi connectivity index (χ2n) is 7.93. The van der Waals surface area contributed by atoms with Crippen LogP contribution in [0, 0.1) is 24.7 Å². The van der Waals surface area contributed by atoms with Crippen LogP contribution in [0.2, 0.25) is 0 Å². The summed E-state index contributed by atoms with van der Waals surface area (Å²) in [7, 11) is 0. The zero-order valence-corrected chi connectivity index (χ0v) is 16.3. The molecule has 1 N–H and O–H groups in total. The fraction of sp³-hybridized carbons (Fsp3) is 0.737. The quantitative estimate of drug-likeness (QED) is 0.859. The van der Waals surface area contributed by atoms with E-state index in [0.29, 0.717) is 23.3 Å². The van der Waals surface area contributed by atoms with Gasteiger partial charge in [-0.05, 0) is 55.9 Å². The molecule has 2 atom stereocenters. The number of aryl methyl sites for hydroxylation is 1. The summed E-state index contributed by atoms with van der Waals surface area (Å²) in [6, 6.07) is 0. The second kappa shape index (κ2) is 7.62. The summed E-state index contributed by atoms with van der Waals surface area (Å²) in [5.74, 6) is 4.01. The predicted octanol–water partition coefficient (Wildman–Crippen LogP) is 2.17. The molecule has 0 aliphatic carbocycles. The summed E-state index contributed by atoms with van der Waals surface area (Å²) in [5.41, 5.74) is 1.53. The lowest BCUT2D eigenvalue weighted by molar-refractivity contribution is -0.135. The number of amides is 2. The number of hydrogen-bond acceptors (Lipinski definition) is 4. The van der Waals surface area contributed by atoms with Crippen LogP contribution in [0.3, 0.4) is 0 Å². The van der Waals surface area contributed by atoms with Crippen LogP contribution < -0.4 is 0 Å². The minimum atomic E-state index is 0.0944. The van der Waals surface area contributed by atoms with Crippen molar-refractivity contribution in [3.63, 3.8) is 0 Å². The smallest absolute Gasteiger partial charge is 0.257 e. The van der Waals surface area contributed by atoms with Gasteiger partial charge in [-0.3, -0.25) is 14.7 Å². The first-order valence-corrected chi connectivity index (χ1v) is 10.9. The van der Waals surface area contributed by atoms with E-state index >= 15 is 0 Å². The summed E-state index contributed by atoms with van der Waals surface area (Å²) >= 11 is 1.97. The number of fused-ring (bicyclic) bond motifs is 1. The van der Waals surface area contributed by atoms with Crippen LogP contribution in [-0.4, -0.2) is 69.5 Å².